The number of rotatable bonds is 5. The minimum atomic E-state index is 0.105. The lowest BCUT2D eigenvalue weighted by molar-refractivity contribution is 0.857. The lowest BCUT2D eigenvalue weighted by atomic mass is 9.94. The summed E-state index contributed by atoms with van der Waals surface area (Å²) in [5.74, 6) is 0.710. The Kier molecular flexibility index (Phi) is 7.07. The van der Waals surface area contributed by atoms with Gasteiger partial charge in [-0.2, -0.15) is 0 Å². The van der Waals surface area contributed by atoms with Gasteiger partial charge in [-0.25, -0.2) is 9.97 Å². The number of fused-ring (bicyclic) bond motifs is 7. The Morgan fingerprint density at radius 2 is 1.15 bits per heavy atom. The van der Waals surface area contributed by atoms with Crippen LogP contribution in [0.5, 0.6) is 0 Å². The van der Waals surface area contributed by atoms with Gasteiger partial charge in [0.15, 0.2) is 5.82 Å². The molecule has 0 fully saturated rings. The van der Waals surface area contributed by atoms with E-state index in [0.29, 0.717) is 5.82 Å². The highest BCUT2D eigenvalue weighted by Gasteiger charge is 2.23. The van der Waals surface area contributed by atoms with E-state index >= 15 is 0 Å². The van der Waals surface area contributed by atoms with Crippen LogP contribution < -0.4 is 15.1 Å². The maximum absolute atomic E-state index is 5.27. The van der Waals surface area contributed by atoms with Gasteiger partial charge in [0.1, 0.15) is 0 Å². The molecule has 9 aromatic rings. The second kappa shape index (κ2) is 12.4. The number of nitrogens with one attached hydrogen (secondary N) is 1. The van der Waals surface area contributed by atoms with Crippen molar-refractivity contribution in [3.8, 4) is 39.6 Å². The van der Waals surface area contributed by atoms with Gasteiger partial charge in [-0.3, -0.25) is 0 Å². The van der Waals surface area contributed by atoms with Crippen LogP contribution in [0.1, 0.15) is 5.56 Å². The predicted molar refractivity (Wildman–Crippen MR) is 225 cm³/mol. The molecule has 11 rings (SSSR count). The van der Waals surface area contributed by atoms with Gasteiger partial charge in [-0.15, -0.1) is 11.3 Å². The molecule has 4 heterocycles. The predicted octanol–water partition coefficient (Wildman–Crippen LogP) is 10.2. The maximum Gasteiger partial charge on any atom is 0.160 e. The number of aromatic nitrogens is 3. The maximum atomic E-state index is 5.27. The minimum Gasteiger partial charge on any atom is -0.373 e. The lowest BCUT2D eigenvalue weighted by Crippen LogP contribution is -2.43. The van der Waals surface area contributed by atoms with Crippen LogP contribution in [0.4, 0.5) is 0 Å². The van der Waals surface area contributed by atoms with Crippen molar-refractivity contribution in [3.63, 3.8) is 0 Å². The molecule has 1 aliphatic carbocycles. The van der Waals surface area contributed by atoms with Gasteiger partial charge < -0.3 is 9.88 Å². The van der Waals surface area contributed by atoms with Crippen LogP contribution in [-0.2, 0) is 0 Å². The minimum absolute atomic E-state index is 0.105. The third kappa shape index (κ3) is 4.97. The summed E-state index contributed by atoms with van der Waals surface area (Å²) >= 11 is 1.84. The molecule has 1 aliphatic heterocycles. The van der Waals surface area contributed by atoms with Crippen molar-refractivity contribution in [2.75, 3.05) is 0 Å². The summed E-state index contributed by atoms with van der Waals surface area (Å²) < 4.78 is 4.86. The van der Waals surface area contributed by atoms with E-state index in [1.165, 1.54) is 58.5 Å². The topological polar surface area (TPSA) is 42.7 Å². The van der Waals surface area contributed by atoms with Gasteiger partial charge in [0, 0.05) is 48.5 Å². The Labute approximate surface area is 316 Å². The number of hydrogen-bond donors (Lipinski definition) is 1. The SMILES string of the molecule is C1=CC2=c3c(sc4ccc(-c5nc(-c6ccccc6)cc(-c6ccc(-n7c8ccccc8c8ccccc87)cc6)n5)cc34)=C(c3ccccc3)NC2C=C1. The molecule has 0 amide bonds. The van der Waals surface area contributed by atoms with Crippen molar-refractivity contribution in [2.24, 2.45) is 0 Å². The number of thiophene rings is 1. The summed E-state index contributed by atoms with van der Waals surface area (Å²) in [5, 5.41) is 8.87. The monoisotopic (exact) mass is 708 g/mol. The zero-order chi connectivity index (χ0) is 35.6. The molecule has 1 atom stereocenters. The number of hydrogen-bond acceptors (Lipinski definition) is 4. The Balaban J connectivity index is 1.08. The Bertz CT molecular complexity index is 3060. The van der Waals surface area contributed by atoms with E-state index in [0.717, 1.165) is 33.8 Å². The normalized spacial score (nSPS) is 14.8. The van der Waals surface area contributed by atoms with E-state index in [2.05, 4.69) is 186 Å². The molecule has 1 unspecified atom stereocenters. The third-order valence-electron chi connectivity index (χ3n) is 10.6. The third-order valence-corrected chi connectivity index (χ3v) is 11.8. The van der Waals surface area contributed by atoms with Crippen molar-refractivity contribution >= 4 is 54.5 Å². The van der Waals surface area contributed by atoms with Crippen LogP contribution in [0.15, 0.2) is 182 Å². The quantitative estimate of drug-likeness (QED) is 0.194. The van der Waals surface area contributed by atoms with E-state index < -0.39 is 0 Å². The van der Waals surface area contributed by atoms with E-state index in [-0.39, 0.29) is 6.04 Å². The first-order valence-electron chi connectivity index (χ1n) is 18.3. The summed E-state index contributed by atoms with van der Waals surface area (Å²) in [6.45, 7) is 0. The van der Waals surface area contributed by atoms with Gasteiger partial charge >= 0.3 is 0 Å². The molecule has 254 valence electrons. The molecule has 1 N–H and O–H groups in total. The number of nitrogens with zero attached hydrogens (tertiary/aromatic N) is 3. The highest BCUT2D eigenvalue weighted by atomic mass is 32.1. The Morgan fingerprint density at radius 3 is 1.85 bits per heavy atom. The van der Waals surface area contributed by atoms with Gasteiger partial charge in [-0.05, 0) is 59.7 Å². The average molecular weight is 709 g/mol. The van der Waals surface area contributed by atoms with Crippen molar-refractivity contribution in [1.29, 1.82) is 0 Å². The first kappa shape index (κ1) is 30.8. The van der Waals surface area contributed by atoms with Crippen LogP contribution >= 0.6 is 11.3 Å². The number of allylic oxidation sites excluding steroid dienone is 2. The summed E-state index contributed by atoms with van der Waals surface area (Å²) in [6.07, 6.45) is 8.78. The molecule has 0 bridgehead atoms. The highest BCUT2D eigenvalue weighted by molar-refractivity contribution is 7.17. The molecule has 3 aromatic heterocycles. The van der Waals surface area contributed by atoms with Gasteiger partial charge in [0.05, 0.1) is 38.7 Å². The van der Waals surface area contributed by atoms with E-state index in [9.17, 15) is 0 Å². The molecule has 4 nitrogen and oxygen atoms in total. The zero-order valence-electron chi connectivity index (χ0n) is 29.1. The van der Waals surface area contributed by atoms with E-state index in [4.69, 9.17) is 9.97 Å². The van der Waals surface area contributed by atoms with Crippen molar-refractivity contribution < 1.29 is 0 Å². The highest BCUT2D eigenvalue weighted by Crippen LogP contribution is 2.34. The number of benzene rings is 6. The van der Waals surface area contributed by atoms with Gasteiger partial charge in [-0.1, -0.05) is 133 Å². The van der Waals surface area contributed by atoms with Gasteiger partial charge in [0.2, 0.25) is 0 Å². The molecule has 0 spiro atoms. The molecule has 0 radical (unpaired) electrons. The zero-order valence-corrected chi connectivity index (χ0v) is 30.0. The summed E-state index contributed by atoms with van der Waals surface area (Å²) in [7, 11) is 0. The second-order valence-electron chi connectivity index (χ2n) is 13.8. The summed E-state index contributed by atoms with van der Waals surface area (Å²) in [4.78, 5) is 10.5. The molecular formula is C49H32N4S. The fraction of sp³-hybridized carbons (Fsp3) is 0.0204. The fourth-order valence-electron chi connectivity index (χ4n) is 8.11. The van der Waals surface area contributed by atoms with Crippen LogP contribution in [0.25, 0.3) is 82.8 Å². The lowest BCUT2D eigenvalue weighted by Gasteiger charge is -2.25. The van der Waals surface area contributed by atoms with E-state index in [1.54, 1.807) is 0 Å². The fourth-order valence-corrected chi connectivity index (χ4v) is 9.34. The molecule has 0 saturated heterocycles. The molecule has 54 heavy (non-hydrogen) atoms. The smallest absolute Gasteiger partial charge is 0.160 e. The van der Waals surface area contributed by atoms with Crippen molar-refractivity contribution in [3.05, 3.63) is 197 Å². The molecule has 2 aliphatic rings. The molecule has 6 aromatic carbocycles. The average Bonchev–Trinajstić information content (AvgIpc) is 3.80. The summed E-state index contributed by atoms with van der Waals surface area (Å²) in [6, 6.07) is 56.1. The number of para-hydroxylation sites is 2. The largest absolute Gasteiger partial charge is 0.373 e. The van der Waals surface area contributed by atoms with Crippen LogP contribution in [0, 0.1) is 0 Å². The molecule has 5 heteroatoms. The van der Waals surface area contributed by atoms with Crippen LogP contribution in [0.2, 0.25) is 0 Å². The Morgan fingerprint density at radius 1 is 0.537 bits per heavy atom. The molecule has 0 saturated carbocycles. The van der Waals surface area contributed by atoms with Crippen LogP contribution in [-0.4, -0.2) is 20.6 Å². The summed E-state index contributed by atoms with van der Waals surface area (Å²) in [5.41, 5.74) is 12.1. The van der Waals surface area contributed by atoms with Gasteiger partial charge in [0.25, 0.3) is 0 Å². The van der Waals surface area contributed by atoms with E-state index in [1.807, 2.05) is 17.4 Å². The second-order valence-corrected chi connectivity index (χ2v) is 14.9. The van der Waals surface area contributed by atoms with Crippen molar-refractivity contribution in [2.45, 2.75) is 6.04 Å². The standard InChI is InChI=1S/C49H32N4S/c1-3-13-31(14-4-1)41-30-42(32-23-26-35(27-24-32)53-43-21-11-8-17-36(43)37-18-9-12-22-44(37)53)52-49(51-41)34-25-28-45-39(29-34)46-38-19-7-10-20-40(38)50-47(48(46)54-45)33-15-5-2-6-16-33/h1-30,40,50H. The molecular weight excluding hydrogens is 677 g/mol. The first-order valence-corrected chi connectivity index (χ1v) is 19.1. The Hall–Kier alpha value is -6.82. The first-order chi connectivity index (χ1) is 26.8. The van der Waals surface area contributed by atoms with Crippen LogP contribution in [0.3, 0.4) is 0 Å². The van der Waals surface area contributed by atoms with Crippen molar-refractivity contribution in [1.82, 2.24) is 19.9 Å².